The zero-order chi connectivity index (χ0) is 15.9. The molecule has 0 aromatic carbocycles. The maximum Gasteiger partial charge on any atom is 0.150 e. The third kappa shape index (κ3) is 3.91. The van der Waals surface area contributed by atoms with Crippen LogP contribution < -0.4 is 4.74 Å². The van der Waals surface area contributed by atoms with Crippen molar-refractivity contribution in [3.63, 3.8) is 0 Å². The minimum absolute atomic E-state index is 0.00948. The van der Waals surface area contributed by atoms with Crippen LogP contribution in [-0.2, 0) is 4.74 Å². The third-order valence-electron chi connectivity index (χ3n) is 3.83. The summed E-state index contributed by atoms with van der Waals surface area (Å²) in [6.07, 6.45) is 13.6. The Labute approximate surface area is 136 Å². The van der Waals surface area contributed by atoms with Crippen LogP contribution in [0.15, 0.2) is 30.6 Å². The first-order valence-electron chi connectivity index (χ1n) is 8.06. The van der Waals surface area contributed by atoms with Gasteiger partial charge in [-0.05, 0) is 43.9 Å². The molecule has 3 rings (SSSR count). The van der Waals surface area contributed by atoms with Gasteiger partial charge in [-0.25, -0.2) is 4.68 Å². The van der Waals surface area contributed by atoms with E-state index in [1.165, 1.54) is 6.42 Å². The molecule has 0 aliphatic carbocycles. The summed E-state index contributed by atoms with van der Waals surface area (Å²) in [5.74, 6) is 3.36. The van der Waals surface area contributed by atoms with Crippen LogP contribution >= 0.6 is 0 Å². The molecular weight excluding hydrogens is 290 g/mol. The van der Waals surface area contributed by atoms with Crippen molar-refractivity contribution in [2.45, 2.75) is 38.3 Å². The maximum absolute atomic E-state index is 5.82. The van der Waals surface area contributed by atoms with Crippen molar-refractivity contribution in [1.82, 2.24) is 14.8 Å². The topological polar surface area (TPSA) is 49.2 Å². The van der Waals surface area contributed by atoms with Gasteiger partial charge in [0, 0.05) is 19.2 Å². The molecule has 23 heavy (non-hydrogen) atoms. The Kier molecular flexibility index (Phi) is 5.28. The quantitative estimate of drug-likeness (QED) is 0.606. The third-order valence-corrected chi connectivity index (χ3v) is 3.83. The van der Waals surface area contributed by atoms with Gasteiger partial charge in [-0.2, -0.15) is 5.10 Å². The average Bonchev–Trinajstić information content (AvgIpc) is 3.10. The van der Waals surface area contributed by atoms with E-state index in [0.717, 1.165) is 49.4 Å². The Morgan fingerprint density at radius 3 is 3.04 bits per heavy atom. The molecular formula is C18H21N3O2. The summed E-state index contributed by atoms with van der Waals surface area (Å²) in [5.41, 5.74) is 1.84. The van der Waals surface area contributed by atoms with Crippen molar-refractivity contribution in [3.05, 3.63) is 30.6 Å². The molecule has 0 amide bonds. The van der Waals surface area contributed by atoms with Gasteiger partial charge in [0.25, 0.3) is 0 Å². The Balaban J connectivity index is 1.68. The molecule has 1 unspecified atom stereocenters. The summed E-state index contributed by atoms with van der Waals surface area (Å²) in [6.45, 7) is 1.40. The highest BCUT2D eigenvalue weighted by atomic mass is 16.5. The van der Waals surface area contributed by atoms with Gasteiger partial charge in [0.15, 0.2) is 6.23 Å². The lowest BCUT2D eigenvalue weighted by atomic mass is 10.2. The molecule has 1 fully saturated rings. The number of ether oxygens (including phenoxy) is 2. The van der Waals surface area contributed by atoms with Crippen molar-refractivity contribution in [2.75, 3.05) is 13.2 Å². The molecule has 2 aromatic rings. The summed E-state index contributed by atoms with van der Waals surface area (Å²) < 4.78 is 13.4. The molecule has 1 saturated heterocycles. The number of hydrogen-bond donors (Lipinski definition) is 0. The van der Waals surface area contributed by atoms with Gasteiger partial charge in [-0.1, -0.05) is 0 Å². The van der Waals surface area contributed by atoms with Crippen molar-refractivity contribution in [1.29, 1.82) is 0 Å². The monoisotopic (exact) mass is 311 g/mol. The smallest absolute Gasteiger partial charge is 0.150 e. The van der Waals surface area contributed by atoms with E-state index in [4.69, 9.17) is 15.9 Å². The average molecular weight is 311 g/mol. The van der Waals surface area contributed by atoms with E-state index in [2.05, 4.69) is 16.0 Å². The van der Waals surface area contributed by atoms with Crippen LogP contribution in [0.5, 0.6) is 5.75 Å². The lowest BCUT2D eigenvalue weighted by molar-refractivity contribution is -0.0384. The summed E-state index contributed by atoms with van der Waals surface area (Å²) >= 11 is 0. The highest BCUT2D eigenvalue weighted by molar-refractivity contribution is 5.54. The Morgan fingerprint density at radius 2 is 2.30 bits per heavy atom. The Bertz CT molecular complexity index is 652. The molecule has 5 nitrogen and oxygen atoms in total. The molecule has 3 heterocycles. The SMILES string of the molecule is C#CCCCOc1ccc(-c2ccnn2C2CCCCO2)nc1. The largest absolute Gasteiger partial charge is 0.492 e. The highest BCUT2D eigenvalue weighted by Gasteiger charge is 2.19. The van der Waals surface area contributed by atoms with Crippen LogP contribution in [0.3, 0.4) is 0 Å². The number of aromatic nitrogens is 3. The summed E-state index contributed by atoms with van der Waals surface area (Å²) in [5, 5.41) is 4.41. The second kappa shape index (κ2) is 7.80. The fraction of sp³-hybridized carbons (Fsp3) is 0.444. The number of pyridine rings is 1. The van der Waals surface area contributed by atoms with E-state index in [-0.39, 0.29) is 6.23 Å². The van der Waals surface area contributed by atoms with E-state index in [9.17, 15) is 0 Å². The first-order chi connectivity index (χ1) is 11.4. The van der Waals surface area contributed by atoms with E-state index in [0.29, 0.717) is 6.61 Å². The fourth-order valence-corrected chi connectivity index (χ4v) is 2.64. The van der Waals surface area contributed by atoms with Gasteiger partial charge in [-0.3, -0.25) is 4.98 Å². The number of hydrogen-bond acceptors (Lipinski definition) is 4. The summed E-state index contributed by atoms with van der Waals surface area (Å²) in [7, 11) is 0. The molecule has 1 aliphatic rings. The predicted octanol–water partition coefficient (Wildman–Crippen LogP) is 3.44. The van der Waals surface area contributed by atoms with E-state index < -0.39 is 0 Å². The molecule has 1 aliphatic heterocycles. The molecule has 0 radical (unpaired) electrons. The van der Waals surface area contributed by atoms with Crippen molar-refractivity contribution >= 4 is 0 Å². The van der Waals surface area contributed by atoms with Crippen LogP contribution in [-0.4, -0.2) is 28.0 Å². The van der Waals surface area contributed by atoms with Gasteiger partial charge in [0.1, 0.15) is 5.75 Å². The minimum atomic E-state index is 0.00948. The second-order valence-electron chi connectivity index (χ2n) is 5.52. The molecule has 1 atom stereocenters. The highest BCUT2D eigenvalue weighted by Crippen LogP contribution is 2.27. The van der Waals surface area contributed by atoms with E-state index in [1.807, 2.05) is 22.9 Å². The van der Waals surface area contributed by atoms with Gasteiger partial charge < -0.3 is 9.47 Å². The molecule has 2 aromatic heterocycles. The van der Waals surface area contributed by atoms with Gasteiger partial charge in [-0.15, -0.1) is 12.3 Å². The molecule has 5 heteroatoms. The first kappa shape index (κ1) is 15.6. The number of nitrogens with zero attached hydrogens (tertiary/aromatic N) is 3. The van der Waals surface area contributed by atoms with Gasteiger partial charge >= 0.3 is 0 Å². The van der Waals surface area contributed by atoms with Crippen LogP contribution in [0.25, 0.3) is 11.4 Å². The normalized spacial score (nSPS) is 17.6. The lowest BCUT2D eigenvalue weighted by Crippen LogP contribution is -2.20. The molecule has 120 valence electrons. The maximum atomic E-state index is 5.82. The van der Waals surface area contributed by atoms with Crippen molar-refractivity contribution in [3.8, 4) is 29.5 Å². The molecule has 0 spiro atoms. The summed E-state index contributed by atoms with van der Waals surface area (Å²) in [6, 6.07) is 5.85. The van der Waals surface area contributed by atoms with Crippen molar-refractivity contribution in [2.24, 2.45) is 0 Å². The Morgan fingerprint density at radius 1 is 1.35 bits per heavy atom. The molecule has 0 N–H and O–H groups in total. The summed E-state index contributed by atoms with van der Waals surface area (Å²) in [4.78, 5) is 4.49. The van der Waals surface area contributed by atoms with Crippen LogP contribution in [0, 0.1) is 12.3 Å². The zero-order valence-corrected chi connectivity index (χ0v) is 13.1. The zero-order valence-electron chi connectivity index (χ0n) is 13.1. The number of unbranched alkanes of at least 4 members (excludes halogenated alkanes) is 1. The number of terminal acetylenes is 1. The van der Waals surface area contributed by atoms with Crippen LogP contribution in [0.4, 0.5) is 0 Å². The fourth-order valence-electron chi connectivity index (χ4n) is 2.64. The van der Waals surface area contributed by atoms with Gasteiger partial charge in [0.05, 0.1) is 24.2 Å². The molecule has 0 bridgehead atoms. The lowest BCUT2D eigenvalue weighted by Gasteiger charge is -2.24. The van der Waals surface area contributed by atoms with Gasteiger partial charge in [0.2, 0.25) is 0 Å². The van der Waals surface area contributed by atoms with Crippen LogP contribution in [0.1, 0.15) is 38.3 Å². The van der Waals surface area contributed by atoms with Crippen LogP contribution in [0.2, 0.25) is 0 Å². The molecule has 0 saturated carbocycles. The number of rotatable bonds is 6. The first-order valence-corrected chi connectivity index (χ1v) is 8.06. The predicted molar refractivity (Wildman–Crippen MR) is 87.9 cm³/mol. The standard InChI is InChI=1S/C18H21N3O2/c1-2-3-5-12-22-15-8-9-16(19-14-15)17-10-11-20-21(17)18-7-4-6-13-23-18/h1,8-11,14,18H,3-7,12-13H2. The Hall–Kier alpha value is -2.32. The minimum Gasteiger partial charge on any atom is -0.492 e. The second-order valence-corrected chi connectivity index (χ2v) is 5.52. The van der Waals surface area contributed by atoms with E-state index >= 15 is 0 Å². The van der Waals surface area contributed by atoms with Crippen molar-refractivity contribution < 1.29 is 9.47 Å². The van der Waals surface area contributed by atoms with E-state index in [1.54, 1.807) is 12.4 Å².